The van der Waals surface area contributed by atoms with Gasteiger partial charge in [0, 0.05) is 12.0 Å². The Bertz CT molecular complexity index is 751. The van der Waals surface area contributed by atoms with Gasteiger partial charge in [-0.1, -0.05) is 24.8 Å². The third-order valence-corrected chi connectivity index (χ3v) is 5.16. The zero-order valence-corrected chi connectivity index (χ0v) is 13.7. The van der Waals surface area contributed by atoms with Crippen LogP contribution in [0.15, 0.2) is 48.1 Å². The first kappa shape index (κ1) is 15.3. The van der Waals surface area contributed by atoms with Crippen LogP contribution in [0.3, 0.4) is 0 Å². The Balaban J connectivity index is 1.66. The number of amidine groups is 1. The van der Waals surface area contributed by atoms with E-state index in [-0.39, 0.29) is 5.95 Å². The van der Waals surface area contributed by atoms with Crippen LogP contribution in [0.1, 0.15) is 37.4 Å². The number of nitrogens with zero attached hydrogens (tertiary/aromatic N) is 2. The van der Waals surface area contributed by atoms with E-state index in [1.165, 1.54) is 25.1 Å². The Labute approximate surface area is 141 Å². The van der Waals surface area contributed by atoms with Gasteiger partial charge in [0.25, 0.3) is 11.8 Å². The SMILES string of the molecule is C=C(C1=C(O)Oc2ccccc2C1O)N1CC[N+]2=C1CCCCC2. The van der Waals surface area contributed by atoms with Crippen molar-refractivity contribution in [2.24, 2.45) is 0 Å². The molecule has 1 aromatic carbocycles. The average Bonchev–Trinajstić information content (AvgIpc) is 2.83. The van der Waals surface area contributed by atoms with Crippen molar-refractivity contribution < 1.29 is 19.5 Å². The van der Waals surface area contributed by atoms with Gasteiger partial charge in [0.1, 0.15) is 36.2 Å². The zero-order valence-electron chi connectivity index (χ0n) is 13.7. The van der Waals surface area contributed by atoms with Gasteiger partial charge in [-0.15, -0.1) is 0 Å². The molecular formula is C19H23N2O3+. The number of para-hydroxylation sites is 1. The predicted molar refractivity (Wildman–Crippen MR) is 91.0 cm³/mol. The van der Waals surface area contributed by atoms with Gasteiger partial charge in [-0.3, -0.25) is 4.58 Å². The van der Waals surface area contributed by atoms with Crippen LogP contribution in [-0.2, 0) is 0 Å². The fourth-order valence-corrected chi connectivity index (χ4v) is 3.89. The van der Waals surface area contributed by atoms with E-state index in [9.17, 15) is 10.2 Å². The Morgan fingerprint density at radius 1 is 1.21 bits per heavy atom. The van der Waals surface area contributed by atoms with Crippen molar-refractivity contribution >= 4 is 5.84 Å². The first-order valence-electron chi connectivity index (χ1n) is 8.62. The van der Waals surface area contributed by atoms with E-state index in [4.69, 9.17) is 4.74 Å². The standard InChI is InChI=1S/C19H22N2O3/c1-13(21-12-11-20-10-6-2-3-9-16(20)21)17-18(22)14-7-4-5-8-15(14)24-19(17)23/h4-5,7-8,18,22H,1-3,6,9-12H2/p+1. The predicted octanol–water partition coefficient (Wildman–Crippen LogP) is 2.70. The molecule has 0 amide bonds. The summed E-state index contributed by atoms with van der Waals surface area (Å²) in [6, 6.07) is 7.23. The first-order valence-corrected chi connectivity index (χ1v) is 8.62. The van der Waals surface area contributed by atoms with Crippen molar-refractivity contribution in [1.29, 1.82) is 0 Å². The van der Waals surface area contributed by atoms with Crippen molar-refractivity contribution in [2.45, 2.75) is 31.8 Å². The number of ether oxygens (including phenoxy) is 1. The van der Waals surface area contributed by atoms with Gasteiger partial charge in [-0.2, -0.15) is 0 Å². The second kappa shape index (κ2) is 5.98. The van der Waals surface area contributed by atoms with E-state index >= 15 is 0 Å². The van der Waals surface area contributed by atoms with Crippen LogP contribution in [0, 0.1) is 0 Å². The lowest BCUT2D eigenvalue weighted by molar-refractivity contribution is -0.518. The smallest absolute Gasteiger partial charge is 0.292 e. The average molecular weight is 327 g/mol. The molecule has 3 heterocycles. The van der Waals surface area contributed by atoms with Gasteiger partial charge >= 0.3 is 0 Å². The summed E-state index contributed by atoms with van der Waals surface area (Å²) in [4.78, 5) is 2.14. The highest BCUT2D eigenvalue weighted by atomic mass is 16.6. The molecule has 1 aromatic rings. The normalized spacial score (nSPS) is 23.5. The van der Waals surface area contributed by atoms with E-state index in [2.05, 4.69) is 16.1 Å². The second-order valence-electron chi connectivity index (χ2n) is 6.57. The molecule has 3 aliphatic rings. The van der Waals surface area contributed by atoms with Crippen molar-refractivity contribution in [3.05, 3.63) is 53.6 Å². The van der Waals surface area contributed by atoms with Crippen LogP contribution in [-0.4, -0.2) is 45.2 Å². The van der Waals surface area contributed by atoms with E-state index in [1.54, 1.807) is 6.07 Å². The maximum Gasteiger partial charge on any atom is 0.292 e. The molecule has 4 rings (SSSR count). The Morgan fingerprint density at radius 3 is 2.92 bits per heavy atom. The number of hydrogen-bond acceptors (Lipinski definition) is 4. The van der Waals surface area contributed by atoms with Crippen LogP contribution in [0.5, 0.6) is 5.75 Å². The highest BCUT2D eigenvalue weighted by Gasteiger charge is 2.39. The maximum atomic E-state index is 10.8. The Kier molecular flexibility index (Phi) is 3.81. The summed E-state index contributed by atoms with van der Waals surface area (Å²) < 4.78 is 7.92. The molecule has 2 N–H and O–H groups in total. The summed E-state index contributed by atoms with van der Waals surface area (Å²) in [6.45, 7) is 7.05. The maximum absolute atomic E-state index is 10.8. The molecule has 0 fully saturated rings. The van der Waals surface area contributed by atoms with Crippen LogP contribution in [0.4, 0.5) is 0 Å². The van der Waals surface area contributed by atoms with Crippen LogP contribution in [0.25, 0.3) is 0 Å². The number of aliphatic hydroxyl groups is 2. The summed E-state index contributed by atoms with van der Waals surface area (Å²) >= 11 is 0. The molecule has 0 saturated carbocycles. The molecule has 0 aliphatic carbocycles. The number of rotatable bonds is 2. The quantitative estimate of drug-likeness (QED) is 0.820. The minimum absolute atomic E-state index is 0.251. The Hall–Kier alpha value is -2.27. The molecule has 5 nitrogen and oxygen atoms in total. The molecule has 0 aromatic heterocycles. The minimum atomic E-state index is -0.928. The van der Waals surface area contributed by atoms with Gasteiger partial charge in [0.2, 0.25) is 0 Å². The first-order chi connectivity index (χ1) is 11.7. The van der Waals surface area contributed by atoms with Crippen molar-refractivity contribution in [2.75, 3.05) is 19.6 Å². The van der Waals surface area contributed by atoms with Crippen molar-refractivity contribution in [1.82, 2.24) is 4.90 Å². The van der Waals surface area contributed by atoms with Crippen molar-refractivity contribution in [3.8, 4) is 5.75 Å². The number of fused-ring (bicyclic) bond motifs is 1. The molecular weight excluding hydrogens is 304 g/mol. The van der Waals surface area contributed by atoms with Gasteiger partial charge in [-0.25, -0.2) is 4.90 Å². The number of aliphatic hydroxyl groups excluding tert-OH is 2. The lowest BCUT2D eigenvalue weighted by Crippen LogP contribution is -2.32. The lowest BCUT2D eigenvalue weighted by Gasteiger charge is -2.27. The van der Waals surface area contributed by atoms with Crippen LogP contribution in [0.2, 0.25) is 0 Å². The molecule has 0 saturated heterocycles. The highest BCUT2D eigenvalue weighted by Crippen LogP contribution is 2.40. The van der Waals surface area contributed by atoms with Crippen LogP contribution >= 0.6 is 0 Å². The lowest BCUT2D eigenvalue weighted by atomic mass is 9.96. The Morgan fingerprint density at radius 2 is 2.04 bits per heavy atom. The molecule has 0 radical (unpaired) electrons. The topological polar surface area (TPSA) is 55.9 Å². The van der Waals surface area contributed by atoms with E-state index in [0.717, 1.165) is 26.1 Å². The molecule has 5 heteroatoms. The minimum Gasteiger partial charge on any atom is -0.480 e. The summed E-state index contributed by atoms with van der Waals surface area (Å²) in [5.41, 5.74) is 1.66. The van der Waals surface area contributed by atoms with E-state index in [1.807, 2.05) is 18.2 Å². The molecule has 1 unspecified atom stereocenters. The van der Waals surface area contributed by atoms with Crippen LogP contribution < -0.4 is 4.74 Å². The van der Waals surface area contributed by atoms with Gasteiger partial charge in [0.15, 0.2) is 0 Å². The van der Waals surface area contributed by atoms with E-state index < -0.39 is 6.10 Å². The third kappa shape index (κ3) is 2.40. The summed E-state index contributed by atoms with van der Waals surface area (Å²) in [5, 5.41) is 21.1. The monoisotopic (exact) mass is 327 g/mol. The summed E-state index contributed by atoms with van der Waals surface area (Å²) in [7, 11) is 0. The fraction of sp³-hybridized carbons (Fsp3) is 0.421. The number of benzene rings is 1. The second-order valence-corrected chi connectivity index (χ2v) is 6.57. The fourth-order valence-electron chi connectivity index (χ4n) is 3.89. The zero-order chi connectivity index (χ0) is 16.7. The van der Waals surface area contributed by atoms with E-state index in [0.29, 0.717) is 22.6 Å². The molecule has 126 valence electrons. The van der Waals surface area contributed by atoms with Gasteiger partial charge in [-0.05, 0) is 25.3 Å². The number of hydrogen-bond donors (Lipinski definition) is 2. The third-order valence-electron chi connectivity index (χ3n) is 5.16. The van der Waals surface area contributed by atoms with Gasteiger partial charge in [0.05, 0.1) is 6.54 Å². The molecule has 1 atom stereocenters. The summed E-state index contributed by atoms with van der Waals surface area (Å²) in [5.74, 6) is 1.49. The van der Waals surface area contributed by atoms with Gasteiger partial charge < -0.3 is 14.9 Å². The highest BCUT2D eigenvalue weighted by molar-refractivity contribution is 5.81. The molecule has 3 aliphatic heterocycles. The molecule has 24 heavy (non-hydrogen) atoms. The molecule has 0 bridgehead atoms. The molecule has 0 spiro atoms. The largest absolute Gasteiger partial charge is 0.480 e. The van der Waals surface area contributed by atoms with Crippen molar-refractivity contribution in [3.63, 3.8) is 0 Å². The summed E-state index contributed by atoms with van der Waals surface area (Å²) in [6.07, 6.45) is 3.72.